The zero-order chi connectivity index (χ0) is 16.9. The third kappa shape index (κ3) is 3.62. The Kier molecular flexibility index (Phi) is 4.90. The Morgan fingerprint density at radius 1 is 1.38 bits per heavy atom. The molecular weight excluding hydrogens is 308 g/mol. The van der Waals surface area contributed by atoms with Gasteiger partial charge >= 0.3 is 5.97 Å². The van der Waals surface area contributed by atoms with Crippen LogP contribution >= 0.6 is 0 Å². The third-order valence-corrected chi connectivity index (χ3v) is 4.12. The van der Waals surface area contributed by atoms with E-state index in [0.717, 1.165) is 11.3 Å². The van der Waals surface area contributed by atoms with Crippen molar-refractivity contribution in [2.24, 2.45) is 0 Å². The maximum atomic E-state index is 12.1. The first kappa shape index (κ1) is 16.2. The summed E-state index contributed by atoms with van der Waals surface area (Å²) in [5.41, 5.74) is 2.06. The zero-order valence-electron chi connectivity index (χ0n) is 13.5. The molecule has 1 amide bonds. The van der Waals surface area contributed by atoms with Crippen molar-refractivity contribution < 1.29 is 14.3 Å². The molecule has 1 unspecified atom stereocenters. The third-order valence-electron chi connectivity index (χ3n) is 4.12. The van der Waals surface area contributed by atoms with Crippen LogP contribution in [0.15, 0.2) is 42.7 Å². The number of rotatable bonds is 5. The quantitative estimate of drug-likeness (QED) is 0.819. The molecule has 1 aliphatic rings. The summed E-state index contributed by atoms with van der Waals surface area (Å²) in [5, 5.41) is 7.00. The molecule has 1 aromatic heterocycles. The van der Waals surface area contributed by atoms with E-state index in [1.54, 1.807) is 10.9 Å². The number of esters is 1. The molecule has 1 aliphatic heterocycles. The molecule has 0 spiro atoms. The van der Waals surface area contributed by atoms with Crippen molar-refractivity contribution in [1.82, 2.24) is 20.0 Å². The van der Waals surface area contributed by atoms with Crippen molar-refractivity contribution in [2.75, 3.05) is 20.2 Å². The lowest BCUT2D eigenvalue weighted by molar-refractivity contribution is -0.146. The van der Waals surface area contributed by atoms with E-state index in [2.05, 4.69) is 10.4 Å². The van der Waals surface area contributed by atoms with Gasteiger partial charge < -0.3 is 10.1 Å². The number of amides is 1. The Morgan fingerprint density at radius 3 is 2.83 bits per heavy atom. The molecule has 0 bridgehead atoms. The monoisotopic (exact) mass is 328 g/mol. The molecule has 2 heterocycles. The fourth-order valence-corrected chi connectivity index (χ4v) is 2.82. The number of nitrogens with zero attached hydrogens (tertiary/aromatic N) is 3. The van der Waals surface area contributed by atoms with Crippen LogP contribution in [-0.2, 0) is 20.9 Å². The lowest BCUT2D eigenvalue weighted by atomic mass is 10.1. The molecule has 126 valence electrons. The number of piperazine rings is 1. The summed E-state index contributed by atoms with van der Waals surface area (Å²) in [6.07, 6.45) is 3.68. The average molecular weight is 328 g/mol. The summed E-state index contributed by atoms with van der Waals surface area (Å²) in [7, 11) is 1.33. The molecule has 0 saturated carbocycles. The SMILES string of the molecule is COC(=O)CC1C(=O)NCCN1Cc1ccc(-n2cccn2)cc1. The molecule has 2 aromatic rings. The molecular formula is C17H20N4O3. The molecule has 7 nitrogen and oxygen atoms in total. The lowest BCUT2D eigenvalue weighted by Gasteiger charge is -2.34. The highest BCUT2D eigenvalue weighted by Gasteiger charge is 2.31. The molecule has 1 N–H and O–H groups in total. The van der Waals surface area contributed by atoms with Crippen molar-refractivity contribution in [1.29, 1.82) is 0 Å². The van der Waals surface area contributed by atoms with E-state index in [9.17, 15) is 9.59 Å². The highest BCUT2D eigenvalue weighted by atomic mass is 16.5. The van der Waals surface area contributed by atoms with E-state index < -0.39 is 6.04 Å². The molecule has 7 heteroatoms. The second-order valence-electron chi connectivity index (χ2n) is 5.67. The summed E-state index contributed by atoms with van der Waals surface area (Å²) < 4.78 is 6.49. The molecule has 3 rings (SSSR count). The number of ether oxygens (including phenoxy) is 1. The Bertz CT molecular complexity index is 697. The Labute approximate surface area is 140 Å². The summed E-state index contributed by atoms with van der Waals surface area (Å²) in [6, 6.07) is 9.38. The number of benzene rings is 1. The normalized spacial score (nSPS) is 18.2. The van der Waals surface area contributed by atoms with Crippen molar-refractivity contribution in [3.8, 4) is 5.69 Å². The number of methoxy groups -OCH3 is 1. The zero-order valence-corrected chi connectivity index (χ0v) is 13.5. The minimum Gasteiger partial charge on any atom is -0.469 e. The first-order chi connectivity index (χ1) is 11.7. The number of aromatic nitrogens is 2. The van der Waals surface area contributed by atoms with Crippen LogP contribution < -0.4 is 5.32 Å². The van der Waals surface area contributed by atoms with E-state index >= 15 is 0 Å². The van der Waals surface area contributed by atoms with Gasteiger partial charge in [-0.25, -0.2) is 4.68 Å². The fraction of sp³-hybridized carbons (Fsp3) is 0.353. The summed E-state index contributed by atoms with van der Waals surface area (Å²) in [5.74, 6) is -0.504. The minimum atomic E-state index is -0.489. The van der Waals surface area contributed by atoms with Gasteiger partial charge in [-0.3, -0.25) is 14.5 Å². The van der Waals surface area contributed by atoms with Crippen LogP contribution in [-0.4, -0.2) is 52.8 Å². The van der Waals surface area contributed by atoms with Crippen LogP contribution in [0.4, 0.5) is 0 Å². The van der Waals surface area contributed by atoms with Gasteiger partial charge in [0.05, 0.1) is 19.2 Å². The van der Waals surface area contributed by atoms with Crippen LogP contribution in [0.2, 0.25) is 0 Å². The lowest BCUT2D eigenvalue weighted by Crippen LogP contribution is -2.55. The second kappa shape index (κ2) is 7.27. The Hall–Kier alpha value is -2.67. The summed E-state index contributed by atoms with van der Waals surface area (Å²) in [6.45, 7) is 1.89. The molecule has 1 atom stereocenters. The second-order valence-corrected chi connectivity index (χ2v) is 5.67. The summed E-state index contributed by atoms with van der Waals surface area (Å²) in [4.78, 5) is 25.7. The highest BCUT2D eigenvalue weighted by molar-refractivity contribution is 5.87. The van der Waals surface area contributed by atoms with Gasteiger partial charge in [0, 0.05) is 32.0 Å². The van der Waals surface area contributed by atoms with Crippen LogP contribution in [0.5, 0.6) is 0 Å². The van der Waals surface area contributed by atoms with Crippen molar-refractivity contribution in [2.45, 2.75) is 19.0 Å². The van der Waals surface area contributed by atoms with Crippen molar-refractivity contribution in [3.63, 3.8) is 0 Å². The number of carbonyl (C=O) groups is 2. The van der Waals surface area contributed by atoms with Gasteiger partial charge in [0.15, 0.2) is 0 Å². The number of carbonyl (C=O) groups excluding carboxylic acids is 2. The largest absolute Gasteiger partial charge is 0.469 e. The smallest absolute Gasteiger partial charge is 0.307 e. The molecule has 1 fully saturated rings. The van der Waals surface area contributed by atoms with Gasteiger partial charge in [-0.2, -0.15) is 5.10 Å². The van der Waals surface area contributed by atoms with E-state index in [0.29, 0.717) is 19.6 Å². The van der Waals surface area contributed by atoms with Gasteiger partial charge in [0.2, 0.25) is 5.91 Å². The predicted octanol–water partition coefficient (Wildman–Crippen LogP) is 0.736. The molecule has 24 heavy (non-hydrogen) atoms. The van der Waals surface area contributed by atoms with Crippen LogP contribution in [0.3, 0.4) is 0 Å². The van der Waals surface area contributed by atoms with Crippen molar-refractivity contribution >= 4 is 11.9 Å². The van der Waals surface area contributed by atoms with Gasteiger partial charge in [-0.15, -0.1) is 0 Å². The number of hydrogen-bond donors (Lipinski definition) is 1. The van der Waals surface area contributed by atoms with Crippen LogP contribution in [0, 0.1) is 0 Å². The molecule has 1 saturated heterocycles. The van der Waals surface area contributed by atoms with E-state index in [1.807, 2.05) is 41.4 Å². The molecule has 0 aliphatic carbocycles. The standard InChI is InChI=1S/C17H20N4O3/c1-24-16(22)11-15-17(23)18-8-10-20(15)12-13-3-5-14(6-4-13)21-9-2-7-19-21/h2-7,9,15H,8,10-12H2,1H3,(H,18,23). The minimum absolute atomic E-state index is 0.0632. The topological polar surface area (TPSA) is 76.5 Å². The maximum absolute atomic E-state index is 12.1. The van der Waals surface area contributed by atoms with Gasteiger partial charge in [-0.1, -0.05) is 12.1 Å². The van der Waals surface area contributed by atoms with E-state index in [4.69, 9.17) is 4.74 Å². The van der Waals surface area contributed by atoms with Gasteiger partial charge in [-0.05, 0) is 23.8 Å². The average Bonchev–Trinajstić information content (AvgIpc) is 3.13. The van der Waals surface area contributed by atoms with E-state index in [-0.39, 0.29) is 18.3 Å². The molecule has 0 radical (unpaired) electrons. The highest BCUT2D eigenvalue weighted by Crippen LogP contribution is 2.16. The first-order valence-electron chi connectivity index (χ1n) is 7.85. The van der Waals surface area contributed by atoms with Crippen molar-refractivity contribution in [3.05, 3.63) is 48.3 Å². The maximum Gasteiger partial charge on any atom is 0.307 e. The van der Waals surface area contributed by atoms with Gasteiger partial charge in [0.1, 0.15) is 6.04 Å². The van der Waals surface area contributed by atoms with Crippen LogP contribution in [0.1, 0.15) is 12.0 Å². The Morgan fingerprint density at radius 2 is 2.17 bits per heavy atom. The predicted molar refractivity (Wildman–Crippen MR) is 87.4 cm³/mol. The molecule has 1 aromatic carbocycles. The number of nitrogens with one attached hydrogen (secondary N) is 1. The van der Waals surface area contributed by atoms with Crippen LogP contribution in [0.25, 0.3) is 5.69 Å². The number of hydrogen-bond acceptors (Lipinski definition) is 5. The fourth-order valence-electron chi connectivity index (χ4n) is 2.82. The Balaban J connectivity index is 1.70. The first-order valence-corrected chi connectivity index (χ1v) is 7.85. The summed E-state index contributed by atoms with van der Waals surface area (Å²) >= 11 is 0. The van der Waals surface area contributed by atoms with Gasteiger partial charge in [0.25, 0.3) is 0 Å². The van der Waals surface area contributed by atoms with E-state index in [1.165, 1.54) is 7.11 Å².